The van der Waals surface area contributed by atoms with E-state index in [1.165, 1.54) is 0 Å². The van der Waals surface area contributed by atoms with Crippen LogP contribution >= 0.6 is 11.8 Å². The first-order valence-electron chi connectivity index (χ1n) is 3.98. The fourth-order valence-electron chi connectivity index (χ4n) is 1.00. The van der Waals surface area contributed by atoms with Crippen LogP contribution in [0, 0.1) is 0 Å². The molecule has 0 aliphatic heterocycles. The number of hydrogen-bond acceptors (Lipinski definition) is 3. The highest BCUT2D eigenvalue weighted by molar-refractivity contribution is 7.99. The largest absolute Gasteiger partial charge is 0.384 e. The molecule has 0 aromatic carbocycles. The van der Waals surface area contributed by atoms with Gasteiger partial charge in [-0.3, -0.25) is 0 Å². The average Bonchev–Trinajstić information content (AvgIpc) is 2.47. The van der Waals surface area contributed by atoms with Gasteiger partial charge in [0.2, 0.25) is 0 Å². The number of aliphatic hydroxyl groups is 1. The van der Waals surface area contributed by atoms with E-state index >= 15 is 0 Å². The average molecular weight is 186 g/mol. The third-order valence-electron chi connectivity index (χ3n) is 1.64. The van der Waals surface area contributed by atoms with Crippen molar-refractivity contribution in [3.63, 3.8) is 0 Å². The van der Waals surface area contributed by atoms with Crippen LogP contribution in [0.1, 0.15) is 18.9 Å². The van der Waals surface area contributed by atoms with Crippen molar-refractivity contribution in [1.29, 1.82) is 0 Å². The SMILES string of the molecule is CCSCC(O)c1nccn1C. The van der Waals surface area contributed by atoms with E-state index in [1.54, 1.807) is 18.0 Å². The van der Waals surface area contributed by atoms with Crippen molar-refractivity contribution < 1.29 is 5.11 Å². The lowest BCUT2D eigenvalue weighted by molar-refractivity contribution is 0.190. The molecule has 0 aliphatic rings. The van der Waals surface area contributed by atoms with Crippen LogP contribution in [0.4, 0.5) is 0 Å². The highest BCUT2D eigenvalue weighted by atomic mass is 32.2. The highest BCUT2D eigenvalue weighted by Gasteiger charge is 2.10. The number of hydrogen-bond donors (Lipinski definition) is 1. The van der Waals surface area contributed by atoms with Gasteiger partial charge in [0.15, 0.2) is 0 Å². The zero-order chi connectivity index (χ0) is 8.97. The van der Waals surface area contributed by atoms with Crippen molar-refractivity contribution in [2.45, 2.75) is 13.0 Å². The molecule has 0 aliphatic carbocycles. The Hall–Kier alpha value is -0.480. The van der Waals surface area contributed by atoms with E-state index in [2.05, 4.69) is 11.9 Å². The summed E-state index contributed by atoms with van der Waals surface area (Å²) in [5.74, 6) is 2.50. The van der Waals surface area contributed by atoms with Crippen molar-refractivity contribution in [3.05, 3.63) is 18.2 Å². The molecule has 0 saturated carbocycles. The lowest BCUT2D eigenvalue weighted by Gasteiger charge is -2.08. The van der Waals surface area contributed by atoms with Crippen molar-refractivity contribution in [1.82, 2.24) is 9.55 Å². The molecular weight excluding hydrogens is 172 g/mol. The molecule has 1 heterocycles. The molecule has 1 atom stereocenters. The summed E-state index contributed by atoms with van der Waals surface area (Å²) >= 11 is 1.72. The van der Waals surface area contributed by atoms with Gasteiger partial charge in [0, 0.05) is 25.2 Å². The molecule has 4 heteroatoms. The Labute approximate surface area is 76.8 Å². The van der Waals surface area contributed by atoms with Gasteiger partial charge in [-0.15, -0.1) is 0 Å². The maximum atomic E-state index is 9.62. The van der Waals surface area contributed by atoms with Gasteiger partial charge in [0.25, 0.3) is 0 Å². The zero-order valence-electron chi connectivity index (χ0n) is 7.40. The first-order chi connectivity index (χ1) is 5.75. The quantitative estimate of drug-likeness (QED) is 0.768. The monoisotopic (exact) mass is 186 g/mol. The molecule has 68 valence electrons. The number of imidazole rings is 1. The standard InChI is InChI=1S/C8H14N2OS/c1-3-12-6-7(11)8-9-4-5-10(8)2/h4-5,7,11H,3,6H2,1-2H3. The number of thioether (sulfide) groups is 1. The molecule has 1 rings (SSSR count). The molecule has 0 bridgehead atoms. The van der Waals surface area contributed by atoms with Gasteiger partial charge in [-0.05, 0) is 5.75 Å². The first-order valence-corrected chi connectivity index (χ1v) is 5.14. The van der Waals surface area contributed by atoms with E-state index in [1.807, 2.05) is 17.8 Å². The van der Waals surface area contributed by atoms with Crippen LogP contribution in [0.25, 0.3) is 0 Å². The third kappa shape index (κ3) is 2.25. The number of aryl methyl sites for hydroxylation is 1. The molecule has 0 radical (unpaired) electrons. The van der Waals surface area contributed by atoms with Crippen molar-refractivity contribution in [2.24, 2.45) is 7.05 Å². The maximum absolute atomic E-state index is 9.62. The molecule has 1 unspecified atom stereocenters. The molecular formula is C8H14N2OS. The van der Waals surface area contributed by atoms with Gasteiger partial charge in [-0.1, -0.05) is 6.92 Å². The summed E-state index contributed by atoms with van der Waals surface area (Å²) in [6.07, 6.45) is 3.11. The predicted octanol–water partition coefficient (Wildman–Crippen LogP) is 1.21. The normalized spacial score (nSPS) is 13.2. The fraction of sp³-hybridized carbons (Fsp3) is 0.625. The lowest BCUT2D eigenvalue weighted by Crippen LogP contribution is -2.07. The minimum atomic E-state index is -0.435. The third-order valence-corrected chi connectivity index (χ3v) is 2.60. The van der Waals surface area contributed by atoms with Gasteiger partial charge in [-0.2, -0.15) is 11.8 Å². The summed E-state index contributed by atoms with van der Waals surface area (Å²) in [5, 5.41) is 9.62. The van der Waals surface area contributed by atoms with Gasteiger partial charge in [0.1, 0.15) is 11.9 Å². The van der Waals surface area contributed by atoms with E-state index in [-0.39, 0.29) is 0 Å². The second kappa shape index (κ2) is 4.52. The number of aliphatic hydroxyl groups excluding tert-OH is 1. The van der Waals surface area contributed by atoms with Crippen molar-refractivity contribution in [2.75, 3.05) is 11.5 Å². The molecule has 0 fully saturated rings. The van der Waals surface area contributed by atoms with Crippen LogP contribution in [0.2, 0.25) is 0 Å². The van der Waals surface area contributed by atoms with Gasteiger partial charge in [-0.25, -0.2) is 4.98 Å². The number of rotatable bonds is 4. The second-order valence-corrected chi connectivity index (χ2v) is 3.89. The Morgan fingerprint density at radius 3 is 3.00 bits per heavy atom. The Morgan fingerprint density at radius 2 is 2.50 bits per heavy atom. The Morgan fingerprint density at radius 1 is 1.75 bits per heavy atom. The number of aromatic nitrogens is 2. The summed E-state index contributed by atoms with van der Waals surface area (Å²) in [6, 6.07) is 0. The van der Waals surface area contributed by atoms with E-state index in [0.29, 0.717) is 0 Å². The van der Waals surface area contributed by atoms with Gasteiger partial charge >= 0.3 is 0 Å². The van der Waals surface area contributed by atoms with Gasteiger partial charge < -0.3 is 9.67 Å². The van der Waals surface area contributed by atoms with E-state index in [4.69, 9.17) is 0 Å². The van der Waals surface area contributed by atoms with Crippen LogP contribution in [0.3, 0.4) is 0 Å². The topological polar surface area (TPSA) is 38.1 Å². The van der Waals surface area contributed by atoms with Crippen LogP contribution in [0.5, 0.6) is 0 Å². The Kier molecular flexibility index (Phi) is 3.62. The summed E-state index contributed by atoms with van der Waals surface area (Å²) in [6.45, 7) is 2.08. The lowest BCUT2D eigenvalue weighted by atomic mass is 10.4. The highest BCUT2D eigenvalue weighted by Crippen LogP contribution is 2.15. The van der Waals surface area contributed by atoms with E-state index in [9.17, 15) is 5.11 Å². The zero-order valence-corrected chi connectivity index (χ0v) is 8.21. The predicted molar refractivity (Wildman–Crippen MR) is 51.2 cm³/mol. The first kappa shape index (κ1) is 9.61. The molecule has 12 heavy (non-hydrogen) atoms. The Bertz CT molecular complexity index is 237. The van der Waals surface area contributed by atoms with Crippen LogP contribution < -0.4 is 0 Å². The van der Waals surface area contributed by atoms with E-state index < -0.39 is 6.10 Å². The molecule has 0 spiro atoms. The molecule has 0 amide bonds. The van der Waals surface area contributed by atoms with Crippen LogP contribution in [-0.4, -0.2) is 26.2 Å². The second-order valence-electron chi connectivity index (χ2n) is 2.57. The maximum Gasteiger partial charge on any atom is 0.138 e. The van der Waals surface area contributed by atoms with Gasteiger partial charge in [0.05, 0.1) is 0 Å². The molecule has 1 aromatic rings. The summed E-state index contributed by atoms with van der Waals surface area (Å²) in [5.41, 5.74) is 0. The molecule has 1 N–H and O–H groups in total. The van der Waals surface area contributed by atoms with Crippen LogP contribution in [-0.2, 0) is 7.05 Å². The number of nitrogens with zero attached hydrogens (tertiary/aromatic N) is 2. The smallest absolute Gasteiger partial charge is 0.138 e. The summed E-state index contributed by atoms with van der Waals surface area (Å²) in [4.78, 5) is 4.07. The Balaban J connectivity index is 2.52. The fourth-order valence-corrected chi connectivity index (χ4v) is 1.61. The minimum Gasteiger partial charge on any atom is -0.384 e. The summed E-state index contributed by atoms with van der Waals surface area (Å²) in [7, 11) is 1.89. The summed E-state index contributed by atoms with van der Waals surface area (Å²) < 4.78 is 1.85. The van der Waals surface area contributed by atoms with E-state index in [0.717, 1.165) is 17.3 Å². The van der Waals surface area contributed by atoms with Crippen molar-refractivity contribution >= 4 is 11.8 Å². The molecule has 0 saturated heterocycles. The van der Waals surface area contributed by atoms with Crippen LogP contribution in [0.15, 0.2) is 12.4 Å². The molecule has 3 nitrogen and oxygen atoms in total. The van der Waals surface area contributed by atoms with Crippen molar-refractivity contribution in [3.8, 4) is 0 Å². The molecule has 1 aromatic heterocycles. The minimum absolute atomic E-state index is 0.435.